The molecule has 4 nitrogen and oxygen atoms in total. The summed E-state index contributed by atoms with van der Waals surface area (Å²) in [5.41, 5.74) is 0.546. The van der Waals surface area contributed by atoms with Crippen LogP contribution in [0.5, 0.6) is 5.75 Å². The molecule has 1 aliphatic heterocycles. The molecule has 0 aromatic heterocycles. The quantitative estimate of drug-likeness (QED) is 0.692. The molecule has 3 aliphatic rings. The van der Waals surface area contributed by atoms with Crippen molar-refractivity contribution < 1.29 is 19.4 Å². The summed E-state index contributed by atoms with van der Waals surface area (Å²) in [5.74, 6) is 0.364. The van der Waals surface area contributed by atoms with E-state index in [9.17, 15) is 9.90 Å². The molecule has 154 valence electrons. The fraction of sp³-hybridized carbons (Fsp3) is 0.560. The second-order valence-electron chi connectivity index (χ2n) is 9.03. The molecule has 2 aliphatic carbocycles. The minimum Gasteiger partial charge on any atom is -0.477 e. The Morgan fingerprint density at radius 3 is 2.10 bits per heavy atom. The Kier molecular flexibility index (Phi) is 4.99. The maximum Gasteiger partial charge on any atom is 0.373 e. The van der Waals surface area contributed by atoms with Crippen LogP contribution in [0.3, 0.4) is 0 Å². The molecular formula is C25H30O4. The first-order valence-corrected chi connectivity index (χ1v) is 11.3. The summed E-state index contributed by atoms with van der Waals surface area (Å²) in [6, 6.07) is 12.4. The number of carboxylic acid groups (broad SMARTS) is 1. The largest absolute Gasteiger partial charge is 0.477 e. The third-order valence-electron chi connectivity index (χ3n) is 7.44. The Morgan fingerprint density at radius 2 is 1.48 bits per heavy atom. The molecular weight excluding hydrogens is 364 g/mol. The summed E-state index contributed by atoms with van der Waals surface area (Å²) < 4.78 is 12.5. The van der Waals surface area contributed by atoms with Crippen LogP contribution in [0.4, 0.5) is 0 Å². The number of ether oxygens (including phenoxy) is 2. The van der Waals surface area contributed by atoms with E-state index in [1.165, 1.54) is 43.9 Å². The number of carboxylic acids is 1. The van der Waals surface area contributed by atoms with Gasteiger partial charge in [-0.1, -0.05) is 68.9 Å². The Bertz CT molecular complexity index is 875. The van der Waals surface area contributed by atoms with E-state index in [-0.39, 0.29) is 0 Å². The van der Waals surface area contributed by atoms with Crippen LogP contribution in [0, 0.1) is 11.8 Å². The van der Waals surface area contributed by atoms with Gasteiger partial charge in [0.05, 0.1) is 0 Å². The normalized spacial score (nSPS) is 25.3. The molecule has 2 aromatic rings. The highest BCUT2D eigenvalue weighted by atomic mass is 16.7. The van der Waals surface area contributed by atoms with Gasteiger partial charge in [-0.05, 0) is 54.4 Å². The third-order valence-corrected chi connectivity index (χ3v) is 7.44. The van der Waals surface area contributed by atoms with Gasteiger partial charge in [0.15, 0.2) is 0 Å². The van der Waals surface area contributed by atoms with Gasteiger partial charge in [-0.3, -0.25) is 0 Å². The van der Waals surface area contributed by atoms with Crippen LogP contribution in [0.15, 0.2) is 36.4 Å². The van der Waals surface area contributed by atoms with Crippen molar-refractivity contribution in [3.63, 3.8) is 0 Å². The van der Waals surface area contributed by atoms with E-state index in [1.54, 1.807) is 0 Å². The number of hydrogen-bond donors (Lipinski definition) is 1. The van der Waals surface area contributed by atoms with E-state index in [0.29, 0.717) is 17.6 Å². The molecule has 1 atom stereocenters. The van der Waals surface area contributed by atoms with E-state index < -0.39 is 17.9 Å². The summed E-state index contributed by atoms with van der Waals surface area (Å²) in [7, 11) is 0. The Balaban J connectivity index is 1.77. The fourth-order valence-corrected chi connectivity index (χ4v) is 6.23. The van der Waals surface area contributed by atoms with Crippen LogP contribution in [0.1, 0.15) is 69.8 Å². The van der Waals surface area contributed by atoms with E-state index in [4.69, 9.17) is 9.47 Å². The maximum atomic E-state index is 12.0. The zero-order valence-electron chi connectivity index (χ0n) is 16.9. The molecule has 1 heterocycles. The molecule has 0 amide bonds. The van der Waals surface area contributed by atoms with Crippen LogP contribution in [0.2, 0.25) is 0 Å². The van der Waals surface area contributed by atoms with Crippen molar-refractivity contribution in [1.29, 1.82) is 0 Å². The van der Waals surface area contributed by atoms with Crippen molar-refractivity contribution >= 4 is 16.7 Å². The van der Waals surface area contributed by atoms with Crippen LogP contribution >= 0.6 is 0 Å². The molecule has 2 saturated carbocycles. The molecule has 1 N–H and O–H groups in total. The highest BCUT2D eigenvalue weighted by molar-refractivity contribution is 5.89. The number of aliphatic carboxylic acids is 1. The molecule has 2 fully saturated rings. The molecule has 2 aromatic carbocycles. The highest BCUT2D eigenvalue weighted by Gasteiger charge is 2.55. The summed E-state index contributed by atoms with van der Waals surface area (Å²) in [6.45, 7) is 0. The molecule has 0 saturated heterocycles. The van der Waals surface area contributed by atoms with Crippen molar-refractivity contribution in [3.05, 3.63) is 42.0 Å². The van der Waals surface area contributed by atoms with Crippen LogP contribution in [-0.4, -0.2) is 17.4 Å². The van der Waals surface area contributed by atoms with Crippen LogP contribution in [0.25, 0.3) is 10.8 Å². The Labute approximate surface area is 172 Å². The smallest absolute Gasteiger partial charge is 0.373 e. The van der Waals surface area contributed by atoms with Gasteiger partial charge in [0.25, 0.3) is 6.29 Å². The Morgan fingerprint density at radius 1 is 0.862 bits per heavy atom. The van der Waals surface area contributed by atoms with Gasteiger partial charge in [-0.25, -0.2) is 4.79 Å². The lowest BCUT2D eigenvalue weighted by Crippen LogP contribution is -2.54. The van der Waals surface area contributed by atoms with Crippen molar-refractivity contribution in [2.75, 3.05) is 0 Å². The van der Waals surface area contributed by atoms with Gasteiger partial charge >= 0.3 is 5.97 Å². The molecule has 0 spiro atoms. The van der Waals surface area contributed by atoms with Crippen molar-refractivity contribution in [2.24, 2.45) is 11.8 Å². The zero-order valence-corrected chi connectivity index (χ0v) is 16.9. The van der Waals surface area contributed by atoms with E-state index >= 15 is 0 Å². The van der Waals surface area contributed by atoms with E-state index in [2.05, 4.69) is 24.3 Å². The van der Waals surface area contributed by atoms with Crippen molar-refractivity contribution in [3.8, 4) is 5.75 Å². The van der Waals surface area contributed by atoms with Crippen molar-refractivity contribution in [1.82, 2.24) is 0 Å². The number of benzene rings is 2. The predicted octanol–water partition coefficient (Wildman–Crippen LogP) is 6.02. The average Bonchev–Trinajstić information content (AvgIpc) is 2.79. The Hall–Kier alpha value is -2.07. The number of rotatable bonds is 3. The topological polar surface area (TPSA) is 55.8 Å². The molecule has 4 heteroatoms. The molecule has 29 heavy (non-hydrogen) atoms. The second-order valence-corrected chi connectivity index (χ2v) is 9.03. The molecule has 0 bridgehead atoms. The first-order valence-electron chi connectivity index (χ1n) is 11.3. The number of carbonyl (C=O) groups is 1. The molecule has 0 radical (unpaired) electrons. The van der Waals surface area contributed by atoms with Gasteiger partial charge in [-0.15, -0.1) is 0 Å². The van der Waals surface area contributed by atoms with E-state index in [1.807, 2.05) is 12.1 Å². The molecule has 5 rings (SSSR count). The first-order chi connectivity index (χ1) is 14.2. The summed E-state index contributed by atoms with van der Waals surface area (Å²) in [4.78, 5) is 12.0. The lowest BCUT2D eigenvalue weighted by molar-refractivity contribution is -0.251. The summed E-state index contributed by atoms with van der Waals surface area (Å²) >= 11 is 0. The summed E-state index contributed by atoms with van der Waals surface area (Å²) in [6.07, 6.45) is 10.5. The summed E-state index contributed by atoms with van der Waals surface area (Å²) in [5, 5.41) is 12.2. The number of fused-ring (bicyclic) bond motifs is 3. The van der Waals surface area contributed by atoms with Gasteiger partial charge in [0.1, 0.15) is 11.4 Å². The first kappa shape index (κ1) is 18.9. The fourth-order valence-electron chi connectivity index (χ4n) is 6.23. The standard InChI is InChI=1S/C25H30O4/c26-23(27)24-28-21-16-15-17-9-7-8-14-20(17)22(21)25(29-24,18-10-3-1-4-11-18)19-12-5-2-6-13-19/h7-9,14-16,18-19,24H,1-6,10-13H2,(H,26,27). The lowest BCUT2D eigenvalue weighted by atomic mass is 9.62. The SMILES string of the molecule is O=C(O)C1Oc2ccc3ccccc3c2C(C2CCCCC2)(C2CCCCC2)O1. The second kappa shape index (κ2) is 7.64. The zero-order chi connectivity index (χ0) is 19.8. The minimum absolute atomic E-state index is 0.342. The maximum absolute atomic E-state index is 12.0. The van der Waals surface area contributed by atoms with Crippen LogP contribution in [-0.2, 0) is 15.1 Å². The predicted molar refractivity (Wildman–Crippen MR) is 112 cm³/mol. The van der Waals surface area contributed by atoms with Crippen molar-refractivity contribution in [2.45, 2.75) is 76.1 Å². The van der Waals surface area contributed by atoms with E-state index in [0.717, 1.165) is 36.6 Å². The average molecular weight is 395 g/mol. The van der Waals surface area contributed by atoms with Crippen LogP contribution < -0.4 is 4.74 Å². The minimum atomic E-state index is -1.23. The van der Waals surface area contributed by atoms with Gasteiger partial charge in [0.2, 0.25) is 0 Å². The number of hydrogen-bond acceptors (Lipinski definition) is 3. The highest BCUT2D eigenvalue weighted by Crippen LogP contribution is 2.57. The van der Waals surface area contributed by atoms with Gasteiger partial charge in [0, 0.05) is 5.56 Å². The monoisotopic (exact) mass is 394 g/mol. The van der Waals surface area contributed by atoms with Gasteiger partial charge in [-0.2, -0.15) is 0 Å². The molecule has 1 unspecified atom stereocenters. The lowest BCUT2D eigenvalue weighted by Gasteiger charge is -2.52. The van der Waals surface area contributed by atoms with Gasteiger partial charge < -0.3 is 14.6 Å². The third kappa shape index (κ3) is 3.13.